The molecule has 0 radical (unpaired) electrons. The molecule has 1 unspecified atom stereocenters. The van der Waals surface area contributed by atoms with Crippen LogP contribution >= 0.6 is 11.3 Å². The number of para-hydroxylation sites is 1. The van der Waals surface area contributed by atoms with Crippen molar-refractivity contribution in [3.05, 3.63) is 62.8 Å². The Bertz CT molecular complexity index is 952. The molecule has 2 N–H and O–H groups in total. The van der Waals surface area contributed by atoms with Gasteiger partial charge in [-0.25, -0.2) is 4.98 Å². The van der Waals surface area contributed by atoms with E-state index in [0.29, 0.717) is 36.4 Å². The van der Waals surface area contributed by atoms with Crippen molar-refractivity contribution < 1.29 is 4.79 Å². The van der Waals surface area contributed by atoms with Gasteiger partial charge in [-0.05, 0) is 43.5 Å². The van der Waals surface area contributed by atoms with E-state index in [9.17, 15) is 9.59 Å². The Labute approximate surface area is 162 Å². The number of benzene rings is 1. The summed E-state index contributed by atoms with van der Waals surface area (Å²) in [6.45, 7) is 5.58. The summed E-state index contributed by atoms with van der Waals surface area (Å²) in [5, 5.41) is 5.61. The molecule has 3 rings (SSSR count). The van der Waals surface area contributed by atoms with Crippen molar-refractivity contribution in [1.29, 1.82) is 0 Å². The predicted octanol–water partition coefficient (Wildman–Crippen LogP) is 2.55. The number of hydrogen-bond acceptors (Lipinski definition) is 5. The van der Waals surface area contributed by atoms with Crippen LogP contribution in [0.2, 0.25) is 0 Å². The average Bonchev–Trinajstić information content (AvgIpc) is 3.19. The number of likely N-dealkylation sites (N-methyl/N-ethyl adjacent to an activating group) is 1. The number of hydrogen-bond donors (Lipinski definition) is 2. The van der Waals surface area contributed by atoms with Gasteiger partial charge in [0.15, 0.2) is 0 Å². The Kier molecular flexibility index (Phi) is 6.36. The first-order valence-corrected chi connectivity index (χ1v) is 9.98. The van der Waals surface area contributed by atoms with E-state index in [4.69, 9.17) is 0 Å². The Balaban J connectivity index is 1.63. The molecule has 27 heavy (non-hydrogen) atoms. The number of rotatable bonds is 8. The molecule has 0 aliphatic heterocycles. The van der Waals surface area contributed by atoms with E-state index < -0.39 is 0 Å². The normalized spacial score (nSPS) is 12.4. The fourth-order valence-corrected chi connectivity index (χ4v) is 3.71. The molecule has 7 heteroatoms. The van der Waals surface area contributed by atoms with Gasteiger partial charge in [0.05, 0.1) is 23.5 Å². The highest BCUT2D eigenvalue weighted by Crippen LogP contribution is 2.10. The average molecular weight is 385 g/mol. The summed E-state index contributed by atoms with van der Waals surface area (Å²) in [5.41, 5.74) is 0.514. The third-order valence-electron chi connectivity index (χ3n) is 4.60. The number of fused-ring (bicyclic) bond motifs is 1. The Morgan fingerprint density at radius 3 is 2.85 bits per heavy atom. The first-order valence-electron chi connectivity index (χ1n) is 9.10. The van der Waals surface area contributed by atoms with E-state index in [1.807, 2.05) is 48.4 Å². The van der Waals surface area contributed by atoms with Gasteiger partial charge in [-0.2, -0.15) is 0 Å². The van der Waals surface area contributed by atoms with Gasteiger partial charge in [0.1, 0.15) is 5.82 Å². The Morgan fingerprint density at radius 1 is 1.30 bits per heavy atom. The largest absolute Gasteiger partial charge is 0.354 e. The second-order valence-corrected chi connectivity index (χ2v) is 7.42. The van der Waals surface area contributed by atoms with Crippen molar-refractivity contribution in [2.75, 3.05) is 13.1 Å². The van der Waals surface area contributed by atoms with Crippen molar-refractivity contribution in [3.8, 4) is 0 Å². The van der Waals surface area contributed by atoms with Gasteiger partial charge in [-0.15, -0.1) is 11.3 Å². The molecular weight excluding hydrogens is 360 g/mol. The number of nitrogens with zero attached hydrogens (tertiary/aromatic N) is 2. The first-order chi connectivity index (χ1) is 13.1. The summed E-state index contributed by atoms with van der Waals surface area (Å²) in [7, 11) is 0. The number of thiophene rings is 1. The lowest BCUT2D eigenvalue weighted by atomic mass is 10.2. The number of amides is 1. The number of nitrogens with one attached hydrogen (secondary N) is 2. The van der Waals surface area contributed by atoms with E-state index >= 15 is 0 Å². The molecule has 1 amide bonds. The minimum absolute atomic E-state index is 0.0171. The molecule has 3 aromatic rings. The summed E-state index contributed by atoms with van der Waals surface area (Å²) in [4.78, 5) is 35.4. The van der Waals surface area contributed by atoms with E-state index in [1.54, 1.807) is 17.4 Å². The van der Waals surface area contributed by atoms with Gasteiger partial charge >= 0.3 is 0 Å². The number of aromatic nitrogens is 2. The number of H-pyrrole nitrogens is 1. The molecular formula is C20H24N4O2S. The van der Waals surface area contributed by atoms with Gasteiger partial charge < -0.3 is 10.3 Å². The van der Waals surface area contributed by atoms with E-state index in [1.165, 1.54) is 4.88 Å². The molecule has 0 saturated heterocycles. The molecule has 0 fully saturated rings. The predicted molar refractivity (Wildman–Crippen MR) is 109 cm³/mol. The van der Waals surface area contributed by atoms with E-state index in [0.717, 1.165) is 6.42 Å². The lowest BCUT2D eigenvalue weighted by Crippen LogP contribution is -2.45. The molecule has 0 bridgehead atoms. The third kappa shape index (κ3) is 4.81. The lowest BCUT2D eigenvalue weighted by Gasteiger charge is -2.26. The summed E-state index contributed by atoms with van der Waals surface area (Å²) < 4.78 is 0. The second-order valence-electron chi connectivity index (χ2n) is 6.39. The van der Waals surface area contributed by atoms with Crippen LogP contribution in [0.4, 0.5) is 0 Å². The summed E-state index contributed by atoms with van der Waals surface area (Å²) in [6, 6.07) is 11.0. The Morgan fingerprint density at radius 2 is 2.11 bits per heavy atom. The highest BCUT2D eigenvalue weighted by Gasteiger charge is 2.21. The SMILES string of the molecule is CCN(Cc1nc2ccccc2c(=O)[nH]1)C(C)C(=O)NCCc1cccs1. The van der Waals surface area contributed by atoms with Gasteiger partial charge in [-0.1, -0.05) is 25.1 Å². The monoisotopic (exact) mass is 384 g/mol. The Hall–Kier alpha value is -2.51. The second kappa shape index (κ2) is 8.92. The van der Waals surface area contributed by atoms with Crippen LogP contribution < -0.4 is 10.9 Å². The molecule has 0 saturated carbocycles. The number of carbonyl (C=O) groups is 1. The van der Waals surface area contributed by atoms with Crippen LogP contribution in [0, 0.1) is 0 Å². The van der Waals surface area contributed by atoms with Crippen molar-refractivity contribution in [1.82, 2.24) is 20.2 Å². The van der Waals surface area contributed by atoms with Crippen molar-refractivity contribution in [2.24, 2.45) is 0 Å². The van der Waals surface area contributed by atoms with Crippen molar-refractivity contribution in [3.63, 3.8) is 0 Å². The van der Waals surface area contributed by atoms with Crippen molar-refractivity contribution >= 4 is 28.1 Å². The van der Waals surface area contributed by atoms with Crippen LogP contribution in [0.5, 0.6) is 0 Å². The molecule has 0 spiro atoms. The lowest BCUT2D eigenvalue weighted by molar-refractivity contribution is -0.126. The minimum atomic E-state index is -0.310. The first kappa shape index (κ1) is 19.3. The fraction of sp³-hybridized carbons (Fsp3) is 0.350. The maximum absolute atomic E-state index is 12.5. The standard InChI is InChI=1S/C20H24N4O2S/c1-3-24(14(2)19(25)21-11-10-15-7-6-12-27-15)13-18-22-17-9-5-4-8-16(17)20(26)23-18/h4-9,12,14H,3,10-11,13H2,1-2H3,(H,21,25)(H,22,23,26). The van der Waals surface area contributed by atoms with Crippen LogP contribution in [-0.4, -0.2) is 39.9 Å². The quantitative estimate of drug-likeness (QED) is 0.626. The van der Waals surface area contributed by atoms with Crippen LogP contribution in [0.15, 0.2) is 46.6 Å². The van der Waals surface area contributed by atoms with Crippen LogP contribution in [0.25, 0.3) is 10.9 Å². The summed E-state index contributed by atoms with van der Waals surface area (Å²) >= 11 is 1.69. The molecule has 1 aromatic carbocycles. The molecule has 6 nitrogen and oxygen atoms in total. The van der Waals surface area contributed by atoms with Crippen LogP contribution in [0.1, 0.15) is 24.5 Å². The van der Waals surface area contributed by atoms with E-state index in [-0.39, 0.29) is 17.5 Å². The smallest absolute Gasteiger partial charge is 0.258 e. The minimum Gasteiger partial charge on any atom is -0.354 e. The van der Waals surface area contributed by atoms with Crippen molar-refractivity contribution in [2.45, 2.75) is 32.9 Å². The topological polar surface area (TPSA) is 78.1 Å². The van der Waals surface area contributed by atoms with Crippen LogP contribution in [0.3, 0.4) is 0 Å². The number of carbonyl (C=O) groups excluding carboxylic acids is 1. The maximum atomic E-state index is 12.5. The molecule has 0 aliphatic rings. The van der Waals surface area contributed by atoms with Gasteiger partial charge in [0.2, 0.25) is 5.91 Å². The highest BCUT2D eigenvalue weighted by molar-refractivity contribution is 7.09. The summed E-state index contributed by atoms with van der Waals surface area (Å²) in [6.07, 6.45) is 0.835. The van der Waals surface area contributed by atoms with Gasteiger partial charge in [0.25, 0.3) is 5.56 Å². The van der Waals surface area contributed by atoms with E-state index in [2.05, 4.69) is 21.4 Å². The molecule has 0 aliphatic carbocycles. The maximum Gasteiger partial charge on any atom is 0.258 e. The molecule has 1 atom stereocenters. The highest BCUT2D eigenvalue weighted by atomic mass is 32.1. The third-order valence-corrected chi connectivity index (χ3v) is 5.54. The van der Waals surface area contributed by atoms with Crippen LogP contribution in [-0.2, 0) is 17.8 Å². The molecule has 142 valence electrons. The number of aromatic amines is 1. The zero-order valence-corrected chi connectivity index (χ0v) is 16.4. The summed E-state index contributed by atoms with van der Waals surface area (Å²) in [5.74, 6) is 0.551. The van der Waals surface area contributed by atoms with Gasteiger partial charge in [0, 0.05) is 11.4 Å². The molecule has 2 aromatic heterocycles. The zero-order chi connectivity index (χ0) is 19.2. The fourth-order valence-electron chi connectivity index (χ4n) is 3.00. The molecule has 2 heterocycles. The zero-order valence-electron chi connectivity index (χ0n) is 15.6. The van der Waals surface area contributed by atoms with Gasteiger partial charge in [-0.3, -0.25) is 14.5 Å².